The first kappa shape index (κ1) is 12.8. The van der Waals surface area contributed by atoms with Gasteiger partial charge in [-0.15, -0.1) is 23.7 Å². The molecule has 1 aromatic heterocycles. The maximum absolute atomic E-state index is 11.5. The first-order chi connectivity index (χ1) is 7.54. The first-order valence-corrected chi connectivity index (χ1v) is 5.89. The van der Waals surface area contributed by atoms with Gasteiger partial charge in [-0.25, -0.2) is 0 Å². The van der Waals surface area contributed by atoms with Crippen LogP contribution in [0.1, 0.15) is 21.7 Å². The molecular weight excluding hydrogens is 220 g/mol. The van der Waals surface area contributed by atoms with Gasteiger partial charge in [0.25, 0.3) is 0 Å². The molecular formula is C12H16N2OS. The normalized spacial score (nSPS) is 11.9. The summed E-state index contributed by atoms with van der Waals surface area (Å²) in [5.41, 5.74) is 6.83. The van der Waals surface area contributed by atoms with Crippen molar-refractivity contribution in [1.29, 1.82) is 0 Å². The molecule has 1 unspecified atom stereocenters. The Hall–Kier alpha value is -1.31. The van der Waals surface area contributed by atoms with Crippen LogP contribution in [0.5, 0.6) is 0 Å². The minimum absolute atomic E-state index is 0.193. The van der Waals surface area contributed by atoms with Gasteiger partial charge in [0.2, 0.25) is 5.91 Å². The second-order valence-corrected chi connectivity index (χ2v) is 5.03. The monoisotopic (exact) mass is 236 g/mol. The summed E-state index contributed by atoms with van der Waals surface area (Å²) in [5, 5.41) is 2.78. The molecule has 0 aliphatic rings. The zero-order chi connectivity index (χ0) is 12.1. The highest BCUT2D eigenvalue weighted by Gasteiger charge is 2.11. The van der Waals surface area contributed by atoms with Crippen molar-refractivity contribution in [3.63, 3.8) is 0 Å². The van der Waals surface area contributed by atoms with E-state index in [9.17, 15) is 4.79 Å². The van der Waals surface area contributed by atoms with Crippen LogP contribution in [0.3, 0.4) is 0 Å². The summed E-state index contributed by atoms with van der Waals surface area (Å²) < 4.78 is 0. The van der Waals surface area contributed by atoms with Crippen LogP contribution < -0.4 is 11.1 Å². The van der Waals surface area contributed by atoms with E-state index >= 15 is 0 Å². The number of terminal acetylenes is 1. The average molecular weight is 236 g/mol. The number of nitrogens with two attached hydrogens (primary N) is 1. The van der Waals surface area contributed by atoms with Crippen LogP contribution in [0.4, 0.5) is 0 Å². The van der Waals surface area contributed by atoms with Gasteiger partial charge in [-0.2, -0.15) is 0 Å². The number of hydrogen-bond donors (Lipinski definition) is 2. The van der Waals surface area contributed by atoms with E-state index < -0.39 is 6.04 Å². The number of carbonyl (C=O) groups excluding carboxylic acids is 1. The molecule has 0 saturated heterocycles. The molecule has 0 aromatic carbocycles. The van der Waals surface area contributed by atoms with E-state index in [1.54, 1.807) is 11.3 Å². The second-order valence-electron chi connectivity index (χ2n) is 3.68. The minimum atomic E-state index is -0.604. The van der Waals surface area contributed by atoms with Gasteiger partial charge in [0, 0.05) is 16.2 Å². The molecule has 1 heterocycles. The van der Waals surface area contributed by atoms with Crippen molar-refractivity contribution in [1.82, 2.24) is 5.32 Å². The Balaban J connectivity index is 2.46. The molecule has 0 aliphatic heterocycles. The summed E-state index contributed by atoms with van der Waals surface area (Å²) in [5.74, 6) is 2.18. The second kappa shape index (κ2) is 5.69. The predicted molar refractivity (Wildman–Crippen MR) is 67.1 cm³/mol. The molecule has 1 atom stereocenters. The Morgan fingerprint density at radius 3 is 2.88 bits per heavy atom. The van der Waals surface area contributed by atoms with E-state index in [2.05, 4.69) is 31.2 Å². The molecule has 3 N–H and O–H groups in total. The van der Waals surface area contributed by atoms with Crippen LogP contribution in [-0.4, -0.2) is 11.9 Å². The van der Waals surface area contributed by atoms with Crippen molar-refractivity contribution < 1.29 is 4.79 Å². The van der Waals surface area contributed by atoms with Gasteiger partial charge in [0.05, 0.1) is 12.6 Å². The summed E-state index contributed by atoms with van der Waals surface area (Å²) in [7, 11) is 0. The highest BCUT2D eigenvalue weighted by molar-refractivity contribution is 7.12. The van der Waals surface area contributed by atoms with Crippen molar-refractivity contribution in [3.8, 4) is 12.3 Å². The van der Waals surface area contributed by atoms with Crippen LogP contribution in [0.15, 0.2) is 6.07 Å². The zero-order valence-corrected chi connectivity index (χ0v) is 10.4. The summed E-state index contributed by atoms with van der Waals surface area (Å²) in [4.78, 5) is 13.9. The lowest BCUT2D eigenvalue weighted by atomic mass is 10.2. The van der Waals surface area contributed by atoms with E-state index in [1.165, 1.54) is 10.4 Å². The fourth-order valence-electron chi connectivity index (χ4n) is 1.26. The molecule has 1 amide bonds. The molecule has 0 spiro atoms. The highest BCUT2D eigenvalue weighted by atomic mass is 32.1. The van der Waals surface area contributed by atoms with Crippen molar-refractivity contribution in [2.24, 2.45) is 5.73 Å². The van der Waals surface area contributed by atoms with Crippen molar-refractivity contribution >= 4 is 17.2 Å². The number of hydrogen-bond acceptors (Lipinski definition) is 3. The quantitative estimate of drug-likeness (QED) is 0.775. The Kier molecular flexibility index (Phi) is 4.53. The molecule has 1 rings (SSSR count). The zero-order valence-electron chi connectivity index (χ0n) is 9.54. The average Bonchev–Trinajstić information content (AvgIpc) is 2.55. The van der Waals surface area contributed by atoms with Crippen LogP contribution in [0.25, 0.3) is 0 Å². The van der Waals surface area contributed by atoms with Crippen molar-refractivity contribution in [3.05, 3.63) is 21.4 Å². The molecule has 16 heavy (non-hydrogen) atoms. The van der Waals surface area contributed by atoms with E-state index in [0.717, 1.165) is 4.88 Å². The van der Waals surface area contributed by atoms with E-state index in [1.807, 2.05) is 0 Å². The van der Waals surface area contributed by atoms with Crippen molar-refractivity contribution in [2.75, 3.05) is 0 Å². The third kappa shape index (κ3) is 3.37. The van der Waals surface area contributed by atoms with Gasteiger partial charge in [0.1, 0.15) is 0 Å². The summed E-state index contributed by atoms with van der Waals surface area (Å²) in [6.45, 7) is 4.65. The molecule has 0 radical (unpaired) electrons. The SMILES string of the molecule is C#CCC(N)C(=O)NCc1cc(C)c(C)s1. The Morgan fingerprint density at radius 1 is 1.69 bits per heavy atom. The maximum Gasteiger partial charge on any atom is 0.238 e. The number of aryl methyl sites for hydroxylation is 2. The van der Waals surface area contributed by atoms with E-state index in [4.69, 9.17) is 12.2 Å². The maximum atomic E-state index is 11.5. The lowest BCUT2D eigenvalue weighted by Crippen LogP contribution is -2.39. The van der Waals surface area contributed by atoms with Crippen LogP contribution >= 0.6 is 11.3 Å². The number of thiophene rings is 1. The van der Waals surface area contributed by atoms with E-state index in [0.29, 0.717) is 6.54 Å². The van der Waals surface area contributed by atoms with Crippen LogP contribution in [0.2, 0.25) is 0 Å². The minimum Gasteiger partial charge on any atom is -0.350 e. The van der Waals surface area contributed by atoms with Crippen molar-refractivity contribution in [2.45, 2.75) is 32.9 Å². The molecule has 0 fully saturated rings. The summed E-state index contributed by atoms with van der Waals surface area (Å²) >= 11 is 1.69. The lowest BCUT2D eigenvalue weighted by molar-refractivity contribution is -0.122. The largest absolute Gasteiger partial charge is 0.350 e. The van der Waals surface area contributed by atoms with Crippen LogP contribution in [0, 0.1) is 26.2 Å². The predicted octanol–water partition coefficient (Wildman–Crippen LogP) is 1.33. The van der Waals surface area contributed by atoms with Gasteiger partial charge < -0.3 is 11.1 Å². The molecule has 4 heteroatoms. The van der Waals surface area contributed by atoms with Gasteiger partial charge in [0.15, 0.2) is 0 Å². The number of amides is 1. The third-order valence-corrected chi connectivity index (χ3v) is 3.48. The lowest BCUT2D eigenvalue weighted by Gasteiger charge is -2.08. The first-order valence-electron chi connectivity index (χ1n) is 5.07. The van der Waals surface area contributed by atoms with Gasteiger partial charge >= 0.3 is 0 Å². The fourth-order valence-corrected chi connectivity index (χ4v) is 2.26. The smallest absolute Gasteiger partial charge is 0.238 e. The molecule has 3 nitrogen and oxygen atoms in total. The standard InChI is InChI=1S/C12H16N2OS/c1-4-5-11(13)12(15)14-7-10-6-8(2)9(3)16-10/h1,6,11H,5,7,13H2,2-3H3,(H,14,15). The Morgan fingerprint density at radius 2 is 2.38 bits per heavy atom. The number of rotatable bonds is 4. The van der Waals surface area contributed by atoms with Gasteiger partial charge in [-0.1, -0.05) is 0 Å². The number of carbonyl (C=O) groups is 1. The van der Waals surface area contributed by atoms with Gasteiger partial charge in [-0.3, -0.25) is 4.79 Å². The van der Waals surface area contributed by atoms with Gasteiger partial charge in [-0.05, 0) is 25.5 Å². The molecule has 1 aromatic rings. The summed E-state index contributed by atoms with van der Waals surface area (Å²) in [6.07, 6.45) is 5.36. The molecule has 0 bridgehead atoms. The highest BCUT2D eigenvalue weighted by Crippen LogP contribution is 2.20. The topological polar surface area (TPSA) is 55.1 Å². The van der Waals surface area contributed by atoms with Crippen LogP contribution in [-0.2, 0) is 11.3 Å². The summed E-state index contributed by atoms with van der Waals surface area (Å²) in [6, 6.07) is 1.47. The fraction of sp³-hybridized carbons (Fsp3) is 0.417. The third-order valence-electron chi connectivity index (χ3n) is 2.33. The Labute approximate surface area is 100 Å². The number of nitrogens with one attached hydrogen (secondary N) is 1. The Bertz CT molecular complexity index is 398. The molecule has 0 aliphatic carbocycles. The van der Waals surface area contributed by atoms with E-state index in [-0.39, 0.29) is 12.3 Å². The molecule has 0 saturated carbocycles. The molecule has 86 valence electrons.